The Balaban J connectivity index is 1.54. The summed E-state index contributed by atoms with van der Waals surface area (Å²) in [6, 6.07) is 7.49. The largest absolute Gasteiger partial charge is 0.371 e. The van der Waals surface area contributed by atoms with Crippen LogP contribution in [0.2, 0.25) is 0 Å². The third-order valence-corrected chi connectivity index (χ3v) is 13.8. The molecule has 7 atom stereocenters. The Morgan fingerprint density at radius 1 is 0.714 bits per heavy atom. The Morgan fingerprint density at radius 2 is 1.35 bits per heavy atom. The van der Waals surface area contributed by atoms with Crippen LogP contribution in [0, 0.1) is 5.92 Å². The number of aliphatic imine (C=N–C) groups is 1. The number of carbonyl (C=O) groups excluding carboxylic acids is 9. The molecular weight excluding hydrogens is 991 g/mol. The van der Waals surface area contributed by atoms with Crippen LogP contribution in [0.15, 0.2) is 65.8 Å². The molecule has 1 aliphatic heterocycles. The lowest BCUT2D eigenvalue weighted by molar-refractivity contribution is -0.151. The number of H-pyrrole nitrogens is 1. The van der Waals surface area contributed by atoms with Crippen molar-refractivity contribution in [3.63, 3.8) is 0 Å². The number of nitrogens with zero attached hydrogens (tertiary/aromatic N) is 1. The van der Waals surface area contributed by atoms with Crippen LogP contribution < -0.4 is 59.9 Å². The number of aromatic nitrogens is 1. The topological polar surface area (TPSA) is 365 Å². The second kappa shape index (κ2) is 31.5. The molecule has 1 aliphatic carbocycles. The molecule has 77 heavy (non-hydrogen) atoms. The number of hydrogen-bond donors (Lipinski definition) is 12. The average molecular weight is 1070 g/mol. The molecule has 420 valence electrons. The van der Waals surface area contributed by atoms with E-state index in [9.17, 15) is 43.2 Å². The lowest BCUT2D eigenvalue weighted by Crippen LogP contribution is -2.60. The van der Waals surface area contributed by atoms with Crippen molar-refractivity contribution in [2.45, 2.75) is 172 Å². The quantitative estimate of drug-likeness (QED) is 0.0512. The summed E-state index contributed by atoms with van der Waals surface area (Å²) in [7, 11) is 0. The number of fused-ring (bicyclic) bond motifs is 1. The third-order valence-electron chi connectivity index (χ3n) is 13.8. The minimum absolute atomic E-state index is 0.00970. The van der Waals surface area contributed by atoms with Gasteiger partial charge in [-0.3, -0.25) is 48.1 Å². The molecule has 8 amide bonds. The standard InChI is InChI=1S/C54H79N13O10/c1-3-4-21-40(61-33(2)68)48(71)64-42-25-26-46(69)77-60-28-14-13-23-39(47(55)70)62-53(76)45(31-36-32-59-38-22-12-11-20-37(36)38)67-49(72)41(24-15-27-58-54(56)57)63-51(74)43(29-34-16-7-5-8-17-34)66-52(75)44(65-50(42)73)30-35-18-9-6-10-19-35/h5,7-8,11-12,16-17,20,22,32,35,39-45,59-60H,3-4,6,9-10,13-15,18-19,21,23-31H2,1-2H3,(H2,55,70)(H,61,68)(H,62,76)(H,63,74)(H,64,71)(H,65,73)(H,66,75)(H,67,72)(H4,56,57,58)/t39-,40-,41-,42-,43+,44-,45-/m0/s1. The zero-order chi connectivity index (χ0) is 55.7. The molecule has 0 unspecified atom stereocenters. The van der Waals surface area contributed by atoms with E-state index in [0.717, 1.165) is 49.4 Å². The van der Waals surface area contributed by atoms with E-state index in [1.807, 2.05) is 31.2 Å². The van der Waals surface area contributed by atoms with E-state index >= 15 is 0 Å². The van der Waals surface area contributed by atoms with Gasteiger partial charge < -0.3 is 64.2 Å². The highest BCUT2D eigenvalue weighted by Gasteiger charge is 2.36. The molecule has 3 aromatic rings. The SMILES string of the molecule is CCCC[C@H](NC(C)=O)C(=O)N[C@H]1CCC(=O)ONCCCC[C@@H](C(N)=O)NC(=O)[C@H](Cc2c[nH]c3ccccc23)NC(=O)[C@H](CCCN=C(N)N)NC(=O)[C@@H](Cc2ccccc2)NC(=O)[C@H](CC2CCCCC2)NC1=O. The lowest BCUT2D eigenvalue weighted by Gasteiger charge is -2.30. The number of amides is 8. The van der Waals surface area contributed by atoms with Gasteiger partial charge in [0.2, 0.25) is 47.3 Å². The molecular formula is C54H79N13O10. The number of hydrogen-bond acceptors (Lipinski definition) is 12. The van der Waals surface area contributed by atoms with Gasteiger partial charge in [-0.2, -0.15) is 5.48 Å². The van der Waals surface area contributed by atoms with Crippen LogP contribution in [0.25, 0.3) is 10.9 Å². The van der Waals surface area contributed by atoms with E-state index in [1.54, 1.807) is 36.5 Å². The van der Waals surface area contributed by atoms with E-state index in [2.05, 4.69) is 52.7 Å². The fourth-order valence-corrected chi connectivity index (χ4v) is 9.65. The van der Waals surface area contributed by atoms with Gasteiger partial charge in [0.15, 0.2) is 5.96 Å². The Hall–Kier alpha value is -7.56. The molecule has 2 heterocycles. The molecule has 23 heteroatoms. The van der Waals surface area contributed by atoms with Gasteiger partial charge in [0.1, 0.15) is 42.3 Å². The monoisotopic (exact) mass is 1070 g/mol. The number of carbonyl (C=O) groups is 9. The van der Waals surface area contributed by atoms with Crippen LogP contribution in [0.3, 0.4) is 0 Å². The van der Waals surface area contributed by atoms with Gasteiger partial charge in [0.25, 0.3) is 0 Å². The summed E-state index contributed by atoms with van der Waals surface area (Å²) in [4.78, 5) is 138. The number of aromatic amines is 1. The molecule has 23 nitrogen and oxygen atoms in total. The number of rotatable bonds is 17. The summed E-state index contributed by atoms with van der Waals surface area (Å²) >= 11 is 0. The Labute approximate surface area is 449 Å². The number of nitrogens with two attached hydrogens (primary N) is 3. The van der Waals surface area contributed by atoms with Gasteiger partial charge in [-0.05, 0) is 74.5 Å². The van der Waals surface area contributed by atoms with Crippen molar-refractivity contribution >= 4 is 70.1 Å². The summed E-state index contributed by atoms with van der Waals surface area (Å²) in [6.45, 7) is 3.41. The minimum Gasteiger partial charge on any atom is -0.371 e. The molecule has 0 spiro atoms. The number of nitrogens with one attached hydrogen (secondary N) is 9. The fraction of sp³-hybridized carbons (Fsp3) is 0.556. The third kappa shape index (κ3) is 20.5. The van der Waals surface area contributed by atoms with Gasteiger partial charge in [-0.1, -0.05) is 100 Å². The molecule has 0 radical (unpaired) electrons. The molecule has 2 aromatic carbocycles. The summed E-state index contributed by atoms with van der Waals surface area (Å²) in [5.74, 6) is -6.64. The molecule has 15 N–H and O–H groups in total. The van der Waals surface area contributed by atoms with Gasteiger partial charge in [-0.25, -0.2) is 0 Å². The zero-order valence-electron chi connectivity index (χ0n) is 44.3. The van der Waals surface area contributed by atoms with E-state index in [0.29, 0.717) is 30.4 Å². The molecule has 2 aliphatic rings. The number of para-hydroxylation sites is 1. The van der Waals surface area contributed by atoms with Crippen molar-refractivity contribution in [3.8, 4) is 0 Å². The summed E-state index contributed by atoms with van der Waals surface area (Å²) in [6.07, 6.45) is 8.06. The second-order valence-electron chi connectivity index (χ2n) is 20.0. The summed E-state index contributed by atoms with van der Waals surface area (Å²) in [5, 5.41) is 20.2. The fourth-order valence-electron chi connectivity index (χ4n) is 9.65. The first kappa shape index (κ1) is 60.3. The van der Waals surface area contributed by atoms with Crippen LogP contribution in [0.4, 0.5) is 0 Å². The van der Waals surface area contributed by atoms with E-state index < -0.39 is 95.5 Å². The predicted molar refractivity (Wildman–Crippen MR) is 288 cm³/mol. The van der Waals surface area contributed by atoms with Gasteiger partial charge in [0, 0.05) is 56.4 Å². The average Bonchev–Trinajstić information content (AvgIpc) is 3.81. The maximum atomic E-state index is 14.8. The lowest BCUT2D eigenvalue weighted by atomic mass is 9.84. The Bertz CT molecular complexity index is 2490. The molecule has 0 bridgehead atoms. The number of benzene rings is 2. The normalized spacial score (nSPS) is 22.7. The Kier molecular flexibility index (Phi) is 24.7. The first-order valence-corrected chi connectivity index (χ1v) is 27.0. The number of hydroxylamine groups is 1. The first-order valence-electron chi connectivity index (χ1n) is 27.0. The number of guanidine groups is 1. The van der Waals surface area contributed by atoms with Crippen LogP contribution in [-0.4, -0.2) is 120 Å². The summed E-state index contributed by atoms with van der Waals surface area (Å²) < 4.78 is 0. The summed E-state index contributed by atoms with van der Waals surface area (Å²) in [5.41, 5.74) is 21.7. The van der Waals surface area contributed by atoms with Crippen LogP contribution in [0.5, 0.6) is 0 Å². The van der Waals surface area contributed by atoms with E-state index in [4.69, 9.17) is 22.0 Å². The van der Waals surface area contributed by atoms with Crippen molar-refractivity contribution in [3.05, 3.63) is 71.9 Å². The molecule has 2 fully saturated rings. The minimum atomic E-state index is -1.38. The van der Waals surface area contributed by atoms with E-state index in [1.165, 1.54) is 6.92 Å². The van der Waals surface area contributed by atoms with Crippen LogP contribution >= 0.6 is 0 Å². The van der Waals surface area contributed by atoms with Crippen molar-refractivity contribution in [2.24, 2.45) is 28.1 Å². The van der Waals surface area contributed by atoms with Gasteiger partial charge >= 0.3 is 5.97 Å². The van der Waals surface area contributed by atoms with Crippen LogP contribution in [0.1, 0.15) is 128 Å². The van der Waals surface area contributed by atoms with Crippen LogP contribution in [-0.2, 0) is 60.8 Å². The van der Waals surface area contributed by atoms with E-state index in [-0.39, 0.29) is 82.8 Å². The number of primary amides is 1. The smallest absolute Gasteiger partial charge is 0.324 e. The van der Waals surface area contributed by atoms with Gasteiger partial charge in [0.05, 0.1) is 0 Å². The maximum Gasteiger partial charge on any atom is 0.324 e. The Morgan fingerprint density at radius 3 is 2.05 bits per heavy atom. The number of unbranched alkanes of at least 4 members (excludes halogenated alkanes) is 1. The highest BCUT2D eigenvalue weighted by atomic mass is 16.7. The molecule has 1 aromatic heterocycles. The van der Waals surface area contributed by atoms with Crippen molar-refractivity contribution in [2.75, 3.05) is 13.1 Å². The molecule has 1 saturated heterocycles. The maximum absolute atomic E-state index is 14.8. The molecule has 5 rings (SSSR count). The second-order valence-corrected chi connectivity index (χ2v) is 20.0. The predicted octanol–water partition coefficient (Wildman–Crippen LogP) is 1.08. The highest BCUT2D eigenvalue weighted by molar-refractivity contribution is 5.98. The highest BCUT2D eigenvalue weighted by Crippen LogP contribution is 2.28. The first-order chi connectivity index (χ1) is 37.0. The van der Waals surface area contributed by atoms with Crippen molar-refractivity contribution < 1.29 is 48.0 Å². The van der Waals surface area contributed by atoms with Gasteiger partial charge in [-0.15, -0.1) is 0 Å². The van der Waals surface area contributed by atoms with Crippen molar-refractivity contribution in [1.29, 1.82) is 0 Å². The van der Waals surface area contributed by atoms with Crippen molar-refractivity contribution in [1.82, 2.24) is 47.7 Å². The molecule has 1 saturated carbocycles. The zero-order valence-corrected chi connectivity index (χ0v) is 44.3.